The summed E-state index contributed by atoms with van der Waals surface area (Å²) in [6.07, 6.45) is -1.35. The summed E-state index contributed by atoms with van der Waals surface area (Å²) in [6, 6.07) is 13.1. The lowest BCUT2D eigenvalue weighted by Crippen LogP contribution is -2.63. The number of ether oxygens (including phenoxy) is 4. The van der Waals surface area contributed by atoms with E-state index < -0.39 is 53.4 Å². The number of nitrogens with two attached hydrogens (primary N) is 1. The summed E-state index contributed by atoms with van der Waals surface area (Å²) in [5.41, 5.74) is 7.62. The van der Waals surface area contributed by atoms with Crippen molar-refractivity contribution in [1.82, 2.24) is 21.3 Å². The van der Waals surface area contributed by atoms with Crippen molar-refractivity contribution < 1.29 is 43.5 Å². The van der Waals surface area contributed by atoms with E-state index in [4.69, 9.17) is 24.7 Å². The lowest BCUT2D eigenvalue weighted by Gasteiger charge is -2.34. The average Bonchev–Trinajstić information content (AvgIpc) is 3.14. The summed E-state index contributed by atoms with van der Waals surface area (Å²) in [4.78, 5) is 41.4. The number of benzene rings is 3. The maximum atomic E-state index is 14.3. The number of aliphatic hydroxyl groups excluding tert-OH is 1. The molecule has 3 rings (SSSR count). The van der Waals surface area contributed by atoms with Gasteiger partial charge in [-0.2, -0.15) is 0 Å². The molecule has 5 atom stereocenters. The smallest absolute Gasteiger partial charge is 0.243 e. The minimum absolute atomic E-state index is 0.0155. The van der Waals surface area contributed by atoms with Crippen LogP contribution in [0.4, 0.5) is 0 Å². The third-order valence-corrected chi connectivity index (χ3v) is 9.12. The summed E-state index contributed by atoms with van der Waals surface area (Å²) in [5.74, 6) is -0.506. The van der Waals surface area contributed by atoms with Crippen molar-refractivity contribution in [3.63, 3.8) is 0 Å². The molecule has 0 fully saturated rings. The number of hydrogen-bond donors (Lipinski definition) is 7. The second kappa shape index (κ2) is 19.9. The number of amides is 3. The SMILES string of the molecule is COc1ccc(CNC(=O)[C@H](NC(=O)C(NCc2cc(OC)c(OC)c(OC)c2)[C@@H](O)[C@H](Cc2ccccc2)NC(=O)[C@@H](N)C(C)(C)C)C(C)C)c(O)c1. The van der Waals surface area contributed by atoms with Crippen molar-refractivity contribution in [3.8, 4) is 28.7 Å². The fraction of sp³-hybridized carbons (Fsp3) is 0.475. The molecule has 54 heavy (non-hydrogen) atoms. The molecule has 0 aliphatic carbocycles. The maximum Gasteiger partial charge on any atom is 0.243 e. The second-order valence-corrected chi connectivity index (χ2v) is 14.5. The van der Waals surface area contributed by atoms with Gasteiger partial charge in [-0.25, -0.2) is 0 Å². The predicted molar refractivity (Wildman–Crippen MR) is 206 cm³/mol. The highest BCUT2D eigenvalue weighted by molar-refractivity contribution is 5.90. The molecule has 0 heterocycles. The summed E-state index contributed by atoms with van der Waals surface area (Å²) in [7, 11) is 5.94. The molecule has 296 valence electrons. The first-order chi connectivity index (χ1) is 25.5. The Bertz CT molecular complexity index is 1670. The van der Waals surface area contributed by atoms with Gasteiger partial charge in [-0.3, -0.25) is 19.7 Å². The van der Waals surface area contributed by atoms with Crippen molar-refractivity contribution in [2.75, 3.05) is 28.4 Å². The Morgan fingerprint density at radius 3 is 1.91 bits per heavy atom. The largest absolute Gasteiger partial charge is 0.507 e. The summed E-state index contributed by atoms with van der Waals surface area (Å²) >= 11 is 0. The molecule has 0 saturated heterocycles. The van der Waals surface area contributed by atoms with Crippen molar-refractivity contribution in [3.05, 3.63) is 77.4 Å². The van der Waals surface area contributed by atoms with Gasteiger partial charge in [-0.1, -0.05) is 65.0 Å². The zero-order valence-electron chi connectivity index (χ0n) is 32.7. The highest BCUT2D eigenvalue weighted by atomic mass is 16.5. The minimum Gasteiger partial charge on any atom is -0.507 e. The number of hydrogen-bond acceptors (Lipinski definition) is 11. The third kappa shape index (κ3) is 11.7. The van der Waals surface area contributed by atoms with Crippen LogP contribution < -0.4 is 45.9 Å². The first-order valence-electron chi connectivity index (χ1n) is 17.8. The molecule has 3 aromatic carbocycles. The number of aromatic hydroxyl groups is 1. The molecule has 3 amide bonds. The summed E-state index contributed by atoms with van der Waals surface area (Å²) in [5, 5.41) is 34.2. The zero-order chi connectivity index (χ0) is 40.2. The highest BCUT2D eigenvalue weighted by Crippen LogP contribution is 2.38. The number of carbonyl (C=O) groups excluding carboxylic acids is 3. The Morgan fingerprint density at radius 2 is 1.39 bits per heavy atom. The summed E-state index contributed by atoms with van der Waals surface area (Å²) < 4.78 is 21.6. The van der Waals surface area contributed by atoms with Crippen LogP contribution in [0.3, 0.4) is 0 Å². The van der Waals surface area contributed by atoms with Crippen LogP contribution in [0.25, 0.3) is 0 Å². The van der Waals surface area contributed by atoms with Gasteiger partial charge in [0.1, 0.15) is 23.6 Å². The monoisotopic (exact) mass is 751 g/mol. The number of phenolic OH excluding ortho intramolecular Hbond substituents is 1. The van der Waals surface area contributed by atoms with Crippen LogP contribution in [0.2, 0.25) is 0 Å². The van der Waals surface area contributed by atoms with E-state index in [9.17, 15) is 24.6 Å². The van der Waals surface area contributed by atoms with E-state index in [2.05, 4.69) is 21.3 Å². The third-order valence-electron chi connectivity index (χ3n) is 9.12. The molecule has 0 saturated carbocycles. The first kappa shape index (κ1) is 43.4. The normalized spacial score (nSPS) is 14.2. The van der Waals surface area contributed by atoms with Crippen LogP contribution in [0.5, 0.6) is 28.7 Å². The molecular formula is C40H57N5O9. The topological polar surface area (TPSA) is 203 Å². The van der Waals surface area contributed by atoms with Gasteiger partial charge in [0.15, 0.2) is 11.5 Å². The highest BCUT2D eigenvalue weighted by Gasteiger charge is 2.38. The van der Waals surface area contributed by atoms with Gasteiger partial charge in [-0.15, -0.1) is 0 Å². The quantitative estimate of drug-likeness (QED) is 0.0950. The summed E-state index contributed by atoms with van der Waals surface area (Å²) in [6.45, 7) is 9.08. The molecule has 0 radical (unpaired) electrons. The van der Waals surface area contributed by atoms with Crippen LogP contribution in [0, 0.1) is 11.3 Å². The molecule has 0 aromatic heterocycles. The minimum atomic E-state index is -1.52. The lowest BCUT2D eigenvalue weighted by molar-refractivity contribution is -0.134. The second-order valence-electron chi connectivity index (χ2n) is 14.5. The van der Waals surface area contributed by atoms with Crippen LogP contribution in [-0.4, -0.2) is 86.6 Å². The van der Waals surface area contributed by atoms with E-state index in [0.717, 1.165) is 5.56 Å². The molecule has 1 unspecified atom stereocenters. The van der Waals surface area contributed by atoms with E-state index in [1.165, 1.54) is 34.5 Å². The van der Waals surface area contributed by atoms with Crippen molar-refractivity contribution >= 4 is 17.7 Å². The number of phenols is 1. The van der Waals surface area contributed by atoms with Gasteiger partial charge >= 0.3 is 0 Å². The van der Waals surface area contributed by atoms with Gasteiger partial charge in [-0.05, 0) is 53.1 Å². The number of nitrogens with one attached hydrogen (secondary N) is 4. The van der Waals surface area contributed by atoms with Crippen LogP contribution in [-0.2, 0) is 33.9 Å². The Labute approximate surface area is 318 Å². The molecule has 14 heteroatoms. The maximum absolute atomic E-state index is 14.3. The molecule has 8 N–H and O–H groups in total. The Morgan fingerprint density at radius 1 is 0.759 bits per heavy atom. The fourth-order valence-corrected chi connectivity index (χ4v) is 5.75. The Hall–Kier alpha value is -5.05. The predicted octanol–water partition coefficient (Wildman–Crippen LogP) is 2.80. The van der Waals surface area contributed by atoms with Gasteiger partial charge in [0, 0.05) is 24.7 Å². The molecule has 14 nitrogen and oxygen atoms in total. The van der Waals surface area contributed by atoms with Crippen molar-refractivity contribution in [1.29, 1.82) is 0 Å². The van der Waals surface area contributed by atoms with Crippen LogP contribution in [0.15, 0.2) is 60.7 Å². The van der Waals surface area contributed by atoms with Crippen LogP contribution in [0.1, 0.15) is 51.3 Å². The molecule has 3 aromatic rings. The standard InChI is InChI=1S/C40H57N5O9/c1-23(2)32(37(48)43-22-26-15-16-27(51-6)20-29(26)46)45-38(49)33(42-21-25-18-30(52-7)35(54-9)31(19-25)53-8)34(47)28(17-24-13-11-10-12-14-24)44-39(50)36(41)40(3,4)5/h10-16,18-20,23,28,32-34,36,42,46-47H,17,21-22,41H2,1-9H3,(H,43,48)(H,44,50)(H,45,49)/t28-,32+,33?,34-,36+/m0/s1. The number of aliphatic hydroxyl groups is 1. The van der Waals surface area contributed by atoms with Gasteiger partial charge in [0.25, 0.3) is 0 Å². The Kier molecular flexibility index (Phi) is 15.9. The van der Waals surface area contributed by atoms with E-state index >= 15 is 0 Å². The Balaban J connectivity index is 1.99. The van der Waals surface area contributed by atoms with Crippen LogP contribution >= 0.6 is 0 Å². The van der Waals surface area contributed by atoms with E-state index in [-0.39, 0.29) is 31.2 Å². The number of carbonyl (C=O) groups is 3. The fourth-order valence-electron chi connectivity index (χ4n) is 5.75. The van der Waals surface area contributed by atoms with E-state index in [0.29, 0.717) is 34.1 Å². The lowest BCUT2D eigenvalue weighted by atomic mass is 9.86. The van der Waals surface area contributed by atoms with Gasteiger partial charge < -0.3 is 50.8 Å². The number of methoxy groups -OCH3 is 4. The molecule has 0 bridgehead atoms. The molecular weight excluding hydrogens is 694 g/mol. The number of rotatable bonds is 19. The van der Waals surface area contributed by atoms with E-state index in [1.54, 1.807) is 38.1 Å². The van der Waals surface area contributed by atoms with Crippen molar-refractivity contribution in [2.24, 2.45) is 17.1 Å². The average molecular weight is 752 g/mol. The molecule has 0 spiro atoms. The van der Waals surface area contributed by atoms with Crippen molar-refractivity contribution in [2.45, 2.75) is 84.4 Å². The first-order valence-corrected chi connectivity index (χ1v) is 17.8. The van der Waals surface area contributed by atoms with E-state index in [1.807, 2.05) is 51.1 Å². The zero-order valence-corrected chi connectivity index (χ0v) is 32.7. The van der Waals surface area contributed by atoms with Gasteiger partial charge in [0.05, 0.1) is 46.6 Å². The van der Waals surface area contributed by atoms with Gasteiger partial charge in [0.2, 0.25) is 23.5 Å². The molecule has 0 aliphatic rings. The molecule has 0 aliphatic heterocycles.